The molecule has 42 heavy (non-hydrogen) atoms. The van der Waals surface area contributed by atoms with E-state index in [0.29, 0.717) is 46.4 Å². The Bertz CT molecular complexity index is 1740. The number of carbonyl (C=O) groups excluding carboxylic acids is 2. The Morgan fingerprint density at radius 1 is 1.00 bits per heavy atom. The lowest BCUT2D eigenvalue weighted by Gasteiger charge is -2.10. The molecule has 0 spiro atoms. The number of fused-ring (bicyclic) bond motifs is 1. The number of H-pyrrole nitrogens is 1. The molecule has 1 amide bonds. The van der Waals surface area contributed by atoms with Gasteiger partial charge < -0.3 is 20.5 Å². The lowest BCUT2D eigenvalue weighted by Crippen LogP contribution is -2.12. The highest BCUT2D eigenvalue weighted by molar-refractivity contribution is 6.33. The van der Waals surface area contributed by atoms with Gasteiger partial charge in [-0.05, 0) is 68.6 Å². The van der Waals surface area contributed by atoms with Crippen LogP contribution in [0.4, 0.5) is 17.3 Å². The molecular formula is C33H31ClN6O2. The Kier molecular flexibility index (Phi) is 9.06. The summed E-state index contributed by atoms with van der Waals surface area (Å²) in [5, 5.41) is 7.61. The van der Waals surface area contributed by atoms with Crippen LogP contribution in [0.3, 0.4) is 0 Å². The second-order valence-electron chi connectivity index (χ2n) is 10.1. The molecule has 3 aromatic carbocycles. The summed E-state index contributed by atoms with van der Waals surface area (Å²) in [6, 6.07) is 22.6. The van der Waals surface area contributed by atoms with Crippen molar-refractivity contribution in [3.63, 3.8) is 0 Å². The molecule has 212 valence electrons. The average Bonchev–Trinajstić information content (AvgIpc) is 3.41. The van der Waals surface area contributed by atoms with Crippen LogP contribution >= 0.6 is 11.6 Å². The van der Waals surface area contributed by atoms with Gasteiger partial charge in [0, 0.05) is 52.6 Å². The number of amides is 1. The van der Waals surface area contributed by atoms with E-state index in [0.717, 1.165) is 28.6 Å². The van der Waals surface area contributed by atoms with Gasteiger partial charge >= 0.3 is 0 Å². The van der Waals surface area contributed by atoms with Crippen molar-refractivity contribution in [2.45, 2.75) is 12.8 Å². The average molecular weight is 579 g/mol. The first-order valence-electron chi connectivity index (χ1n) is 13.6. The maximum Gasteiger partial charge on any atom is 0.255 e. The summed E-state index contributed by atoms with van der Waals surface area (Å²) >= 11 is 6.47. The highest BCUT2D eigenvalue weighted by Gasteiger charge is 2.13. The van der Waals surface area contributed by atoms with Crippen molar-refractivity contribution in [1.82, 2.24) is 19.9 Å². The van der Waals surface area contributed by atoms with Crippen LogP contribution in [0.1, 0.15) is 22.3 Å². The number of anilines is 3. The topological polar surface area (TPSA) is 103 Å². The molecule has 0 saturated carbocycles. The monoisotopic (exact) mass is 578 g/mol. The van der Waals surface area contributed by atoms with Gasteiger partial charge in [-0.3, -0.25) is 9.59 Å². The number of ketones is 1. The summed E-state index contributed by atoms with van der Waals surface area (Å²) in [7, 11) is 3.91. The number of nitrogens with one attached hydrogen (secondary N) is 3. The number of para-hydroxylation sites is 1. The first-order valence-corrected chi connectivity index (χ1v) is 13.9. The predicted molar refractivity (Wildman–Crippen MR) is 169 cm³/mol. The second-order valence-corrected chi connectivity index (χ2v) is 10.5. The summed E-state index contributed by atoms with van der Waals surface area (Å²) in [4.78, 5) is 39.2. The third kappa shape index (κ3) is 7.28. The number of aromatic amines is 1. The minimum Gasteiger partial charge on any atom is -0.360 e. The van der Waals surface area contributed by atoms with Crippen LogP contribution in [-0.2, 0) is 11.2 Å². The normalized spacial score (nSPS) is 11.3. The number of allylic oxidation sites excluding steroid dienone is 1. The van der Waals surface area contributed by atoms with Gasteiger partial charge in [0.25, 0.3) is 5.91 Å². The largest absolute Gasteiger partial charge is 0.360 e. The van der Waals surface area contributed by atoms with Crippen molar-refractivity contribution in [2.24, 2.45) is 0 Å². The number of halogens is 1. The Balaban J connectivity index is 1.21. The van der Waals surface area contributed by atoms with Crippen LogP contribution in [0, 0.1) is 0 Å². The van der Waals surface area contributed by atoms with Crippen LogP contribution < -0.4 is 10.6 Å². The molecule has 0 atom stereocenters. The third-order valence-electron chi connectivity index (χ3n) is 6.62. The zero-order valence-electron chi connectivity index (χ0n) is 23.4. The van der Waals surface area contributed by atoms with Crippen molar-refractivity contribution in [3.05, 3.63) is 113 Å². The van der Waals surface area contributed by atoms with Crippen molar-refractivity contribution in [1.29, 1.82) is 0 Å². The highest BCUT2D eigenvalue weighted by Crippen LogP contribution is 2.32. The fourth-order valence-electron chi connectivity index (χ4n) is 4.46. The number of aryl methyl sites for hydroxylation is 1. The van der Waals surface area contributed by atoms with Gasteiger partial charge in [0.15, 0.2) is 5.78 Å². The molecule has 0 fully saturated rings. The standard InChI is InChI=1S/C33H31ClN6O2/c1-40(2)18-6-9-26(41)17-14-22-12-15-23(16-13-22)32(42)37-24-7-5-8-25(19-24)38-33-36-21-29(34)31(39-33)28-20-35-30-11-4-3-10-27(28)30/h3-13,15-16,19-21,35H,14,17-18H2,1-2H3,(H,37,42)(H,36,38,39)/b9-6+. The van der Waals surface area contributed by atoms with Crippen molar-refractivity contribution in [3.8, 4) is 11.3 Å². The smallest absolute Gasteiger partial charge is 0.255 e. The molecule has 0 aliphatic rings. The van der Waals surface area contributed by atoms with Gasteiger partial charge in [-0.25, -0.2) is 9.97 Å². The van der Waals surface area contributed by atoms with Gasteiger partial charge in [-0.2, -0.15) is 0 Å². The lowest BCUT2D eigenvalue weighted by atomic mass is 10.0. The fourth-order valence-corrected chi connectivity index (χ4v) is 4.65. The summed E-state index contributed by atoms with van der Waals surface area (Å²) in [6.07, 6.45) is 8.00. The van der Waals surface area contributed by atoms with Crippen LogP contribution in [0.5, 0.6) is 0 Å². The number of likely N-dealkylation sites (N-methyl/N-ethyl adjacent to an activating group) is 1. The molecule has 0 saturated heterocycles. The van der Waals surface area contributed by atoms with Gasteiger partial charge in [0.05, 0.1) is 16.9 Å². The zero-order chi connectivity index (χ0) is 29.5. The van der Waals surface area contributed by atoms with Crippen molar-refractivity contribution in [2.75, 3.05) is 31.3 Å². The molecule has 5 rings (SSSR count). The summed E-state index contributed by atoms with van der Waals surface area (Å²) in [6.45, 7) is 0.732. The first kappa shape index (κ1) is 28.7. The Morgan fingerprint density at radius 3 is 2.60 bits per heavy atom. The molecular weight excluding hydrogens is 548 g/mol. The fraction of sp³-hybridized carbons (Fsp3) is 0.152. The summed E-state index contributed by atoms with van der Waals surface area (Å²) < 4.78 is 0. The zero-order valence-corrected chi connectivity index (χ0v) is 24.2. The molecule has 9 heteroatoms. The quantitative estimate of drug-likeness (QED) is 0.147. The SMILES string of the molecule is CN(C)C/C=C/C(=O)CCc1ccc(C(=O)Nc2cccc(Nc3ncc(Cl)c(-c4c[nH]c5ccccc45)n3)c2)cc1. The van der Waals surface area contributed by atoms with Gasteiger partial charge in [0.2, 0.25) is 5.95 Å². The van der Waals surface area contributed by atoms with Crippen molar-refractivity contribution < 1.29 is 9.59 Å². The number of nitrogens with zero attached hydrogens (tertiary/aromatic N) is 3. The van der Waals surface area contributed by atoms with E-state index in [2.05, 4.69) is 25.6 Å². The minimum absolute atomic E-state index is 0.0883. The molecule has 0 bridgehead atoms. The molecule has 2 heterocycles. The van der Waals surface area contributed by atoms with E-state index in [9.17, 15) is 9.59 Å². The molecule has 0 aliphatic carbocycles. The Labute approximate surface area is 249 Å². The van der Waals surface area contributed by atoms with E-state index in [4.69, 9.17) is 11.6 Å². The minimum atomic E-state index is -0.231. The van der Waals surface area contributed by atoms with Crippen molar-refractivity contribution >= 4 is 51.5 Å². The van der Waals surface area contributed by atoms with E-state index in [1.807, 2.05) is 91.9 Å². The summed E-state index contributed by atoms with van der Waals surface area (Å²) in [5.41, 5.74) is 5.35. The first-order chi connectivity index (χ1) is 20.4. The van der Waals surface area contributed by atoms with Gasteiger partial charge in [0.1, 0.15) is 0 Å². The maximum atomic E-state index is 12.9. The van der Waals surface area contributed by atoms with Crippen LogP contribution in [-0.4, -0.2) is 52.2 Å². The highest BCUT2D eigenvalue weighted by atomic mass is 35.5. The number of aromatic nitrogens is 3. The van der Waals surface area contributed by atoms with Gasteiger partial charge in [-0.15, -0.1) is 0 Å². The van der Waals surface area contributed by atoms with E-state index in [1.54, 1.807) is 24.4 Å². The van der Waals surface area contributed by atoms with Crippen LogP contribution in [0.15, 0.2) is 97.3 Å². The molecule has 8 nitrogen and oxygen atoms in total. The number of rotatable bonds is 11. The number of hydrogen-bond donors (Lipinski definition) is 3. The van der Waals surface area contributed by atoms with Crippen LogP contribution in [0.25, 0.3) is 22.2 Å². The van der Waals surface area contributed by atoms with Gasteiger partial charge in [-0.1, -0.05) is 54.1 Å². The summed E-state index contributed by atoms with van der Waals surface area (Å²) in [5.74, 6) is 0.238. The number of benzene rings is 3. The van der Waals surface area contributed by atoms with E-state index in [-0.39, 0.29) is 11.7 Å². The predicted octanol–water partition coefficient (Wildman–Crippen LogP) is 6.89. The molecule has 0 radical (unpaired) electrons. The molecule has 3 N–H and O–H groups in total. The molecule has 0 aliphatic heterocycles. The molecule has 2 aromatic heterocycles. The number of carbonyl (C=O) groups is 2. The number of hydrogen-bond acceptors (Lipinski definition) is 6. The molecule has 5 aromatic rings. The van der Waals surface area contributed by atoms with E-state index < -0.39 is 0 Å². The van der Waals surface area contributed by atoms with Crippen LogP contribution in [0.2, 0.25) is 5.02 Å². The second kappa shape index (κ2) is 13.2. The Morgan fingerprint density at radius 2 is 1.79 bits per heavy atom. The van der Waals surface area contributed by atoms with E-state index in [1.165, 1.54) is 0 Å². The third-order valence-corrected chi connectivity index (χ3v) is 6.89. The maximum absolute atomic E-state index is 12.9. The lowest BCUT2D eigenvalue weighted by molar-refractivity contribution is -0.114. The van der Waals surface area contributed by atoms with E-state index >= 15 is 0 Å². The Hall–Kier alpha value is -4.79. The molecule has 0 unspecified atom stereocenters.